The summed E-state index contributed by atoms with van der Waals surface area (Å²) in [6.45, 7) is 7.19. The zero-order valence-corrected chi connectivity index (χ0v) is 13.4. The first-order valence-electron chi connectivity index (χ1n) is 8.17. The van der Waals surface area contributed by atoms with Crippen molar-refractivity contribution in [2.45, 2.75) is 13.5 Å². The van der Waals surface area contributed by atoms with Crippen LogP contribution < -0.4 is 4.90 Å². The molecular weight excluding hydrogens is 286 g/mol. The summed E-state index contributed by atoms with van der Waals surface area (Å²) in [5, 5.41) is 0. The summed E-state index contributed by atoms with van der Waals surface area (Å²) in [7, 11) is 0. The smallest absolute Gasteiger partial charge is 0.298 e. The van der Waals surface area contributed by atoms with Crippen LogP contribution in [0, 0.1) is 6.92 Å². The summed E-state index contributed by atoms with van der Waals surface area (Å²) >= 11 is 0. The zero-order valence-electron chi connectivity index (χ0n) is 13.4. The second-order valence-corrected chi connectivity index (χ2v) is 6.15. The molecule has 4 heteroatoms. The van der Waals surface area contributed by atoms with E-state index < -0.39 is 0 Å². The van der Waals surface area contributed by atoms with Gasteiger partial charge in [0, 0.05) is 32.7 Å². The van der Waals surface area contributed by atoms with Crippen LogP contribution in [-0.2, 0) is 6.54 Å². The summed E-state index contributed by atoms with van der Waals surface area (Å²) in [6, 6.07) is 17.3. The molecule has 1 aliphatic rings. The van der Waals surface area contributed by atoms with Gasteiger partial charge >= 0.3 is 0 Å². The molecule has 0 unspecified atom stereocenters. The highest BCUT2D eigenvalue weighted by molar-refractivity contribution is 5.74. The van der Waals surface area contributed by atoms with Crippen LogP contribution in [0.5, 0.6) is 0 Å². The molecule has 0 saturated carbocycles. The van der Waals surface area contributed by atoms with Gasteiger partial charge in [-0.25, -0.2) is 0 Å². The summed E-state index contributed by atoms with van der Waals surface area (Å²) < 4.78 is 5.88. The van der Waals surface area contributed by atoms with E-state index in [4.69, 9.17) is 4.42 Å². The molecule has 23 heavy (non-hydrogen) atoms. The van der Waals surface area contributed by atoms with E-state index in [0.29, 0.717) is 0 Å². The lowest BCUT2D eigenvalue weighted by molar-refractivity contribution is 0.245. The number of fused-ring (bicyclic) bond motifs is 1. The molecule has 0 N–H and O–H groups in total. The van der Waals surface area contributed by atoms with Gasteiger partial charge in [0.05, 0.1) is 0 Å². The first-order valence-corrected chi connectivity index (χ1v) is 8.17. The van der Waals surface area contributed by atoms with E-state index in [1.165, 1.54) is 11.1 Å². The Morgan fingerprint density at radius 1 is 0.957 bits per heavy atom. The predicted molar refractivity (Wildman–Crippen MR) is 92.7 cm³/mol. The van der Waals surface area contributed by atoms with Crippen LogP contribution in [0.15, 0.2) is 52.9 Å². The van der Waals surface area contributed by atoms with E-state index in [2.05, 4.69) is 46.0 Å². The van der Waals surface area contributed by atoms with Gasteiger partial charge < -0.3 is 9.32 Å². The highest BCUT2D eigenvalue weighted by Crippen LogP contribution is 2.23. The third kappa shape index (κ3) is 2.94. The van der Waals surface area contributed by atoms with Crippen molar-refractivity contribution in [3.63, 3.8) is 0 Å². The number of hydrogen-bond acceptors (Lipinski definition) is 4. The summed E-state index contributed by atoms with van der Waals surface area (Å²) in [6.07, 6.45) is 0. The van der Waals surface area contributed by atoms with Crippen LogP contribution in [0.2, 0.25) is 0 Å². The molecule has 0 radical (unpaired) electrons. The first-order chi connectivity index (χ1) is 11.3. The lowest BCUT2D eigenvalue weighted by Gasteiger charge is -2.34. The van der Waals surface area contributed by atoms with Gasteiger partial charge in [0.1, 0.15) is 5.52 Å². The Balaban J connectivity index is 1.41. The minimum Gasteiger partial charge on any atom is -0.423 e. The van der Waals surface area contributed by atoms with E-state index >= 15 is 0 Å². The monoisotopic (exact) mass is 307 g/mol. The lowest BCUT2D eigenvalue weighted by atomic mass is 10.1. The molecule has 3 aromatic rings. The van der Waals surface area contributed by atoms with Crippen molar-refractivity contribution in [2.24, 2.45) is 0 Å². The maximum atomic E-state index is 5.88. The summed E-state index contributed by atoms with van der Waals surface area (Å²) in [5.41, 5.74) is 4.59. The Morgan fingerprint density at radius 3 is 2.48 bits per heavy atom. The van der Waals surface area contributed by atoms with Crippen molar-refractivity contribution in [1.82, 2.24) is 9.88 Å². The number of para-hydroxylation sites is 2. The number of piperazine rings is 1. The highest BCUT2D eigenvalue weighted by atomic mass is 16.4. The number of rotatable bonds is 3. The molecule has 0 spiro atoms. The highest BCUT2D eigenvalue weighted by Gasteiger charge is 2.21. The van der Waals surface area contributed by atoms with E-state index in [-0.39, 0.29) is 0 Å². The standard InChI is InChI=1S/C19H21N3O/c1-15-6-2-3-7-16(15)14-21-10-12-22(13-11-21)19-20-17-8-4-5-9-18(17)23-19/h2-9H,10-14H2,1H3. The number of aromatic nitrogens is 1. The first kappa shape index (κ1) is 14.3. The van der Waals surface area contributed by atoms with Crippen molar-refractivity contribution in [3.05, 3.63) is 59.7 Å². The molecule has 1 aliphatic heterocycles. The van der Waals surface area contributed by atoms with Crippen LogP contribution in [-0.4, -0.2) is 36.1 Å². The molecule has 0 aliphatic carbocycles. The number of aryl methyl sites for hydroxylation is 1. The topological polar surface area (TPSA) is 32.5 Å². The predicted octanol–water partition coefficient (Wildman–Crippen LogP) is 3.46. The van der Waals surface area contributed by atoms with Crippen molar-refractivity contribution >= 4 is 17.1 Å². The molecule has 1 saturated heterocycles. The molecule has 0 bridgehead atoms. The molecule has 1 aromatic heterocycles. The number of oxazole rings is 1. The minimum atomic E-state index is 0.752. The number of hydrogen-bond donors (Lipinski definition) is 0. The molecule has 0 amide bonds. The molecule has 4 rings (SSSR count). The second kappa shape index (κ2) is 6.05. The zero-order chi connectivity index (χ0) is 15.6. The van der Waals surface area contributed by atoms with Crippen LogP contribution in [0.3, 0.4) is 0 Å². The van der Waals surface area contributed by atoms with Crippen molar-refractivity contribution in [2.75, 3.05) is 31.1 Å². The van der Waals surface area contributed by atoms with E-state index in [1.807, 2.05) is 24.3 Å². The average molecular weight is 307 g/mol. The van der Waals surface area contributed by atoms with Crippen molar-refractivity contribution in [1.29, 1.82) is 0 Å². The Labute approximate surface area is 136 Å². The van der Waals surface area contributed by atoms with Crippen LogP contribution in [0.25, 0.3) is 11.1 Å². The van der Waals surface area contributed by atoms with Gasteiger partial charge in [-0.1, -0.05) is 36.4 Å². The Kier molecular flexibility index (Phi) is 3.75. The third-order valence-corrected chi connectivity index (χ3v) is 4.58. The largest absolute Gasteiger partial charge is 0.423 e. The maximum Gasteiger partial charge on any atom is 0.298 e. The van der Waals surface area contributed by atoms with Crippen molar-refractivity contribution in [3.8, 4) is 0 Å². The SMILES string of the molecule is Cc1ccccc1CN1CCN(c2nc3ccccc3o2)CC1. The van der Waals surface area contributed by atoms with Gasteiger partial charge in [-0.15, -0.1) is 0 Å². The summed E-state index contributed by atoms with van der Waals surface area (Å²) in [4.78, 5) is 9.35. The van der Waals surface area contributed by atoms with Gasteiger partial charge in [-0.2, -0.15) is 4.98 Å². The maximum absolute atomic E-state index is 5.88. The van der Waals surface area contributed by atoms with Gasteiger partial charge in [0.2, 0.25) is 0 Å². The molecule has 4 nitrogen and oxygen atoms in total. The van der Waals surface area contributed by atoms with Crippen LogP contribution in [0.1, 0.15) is 11.1 Å². The van der Waals surface area contributed by atoms with Crippen molar-refractivity contribution < 1.29 is 4.42 Å². The number of anilines is 1. The van der Waals surface area contributed by atoms with Gasteiger partial charge in [0.25, 0.3) is 6.01 Å². The second-order valence-electron chi connectivity index (χ2n) is 6.15. The van der Waals surface area contributed by atoms with Gasteiger partial charge in [-0.3, -0.25) is 4.90 Å². The molecule has 2 aromatic carbocycles. The van der Waals surface area contributed by atoms with Gasteiger partial charge in [-0.05, 0) is 30.2 Å². The minimum absolute atomic E-state index is 0.752. The molecule has 2 heterocycles. The molecular formula is C19H21N3O. The quantitative estimate of drug-likeness (QED) is 0.742. The number of benzene rings is 2. The van der Waals surface area contributed by atoms with Crippen LogP contribution in [0.4, 0.5) is 6.01 Å². The Morgan fingerprint density at radius 2 is 1.70 bits per heavy atom. The van der Waals surface area contributed by atoms with Gasteiger partial charge in [0.15, 0.2) is 5.58 Å². The summed E-state index contributed by atoms with van der Waals surface area (Å²) in [5.74, 6) is 0. The normalized spacial score (nSPS) is 16.1. The fraction of sp³-hybridized carbons (Fsp3) is 0.316. The molecule has 1 fully saturated rings. The molecule has 118 valence electrons. The Hall–Kier alpha value is -2.33. The van der Waals surface area contributed by atoms with Crippen LogP contribution >= 0.6 is 0 Å². The average Bonchev–Trinajstić information content (AvgIpc) is 3.02. The lowest BCUT2D eigenvalue weighted by Crippen LogP contribution is -2.46. The fourth-order valence-electron chi connectivity index (χ4n) is 3.12. The third-order valence-electron chi connectivity index (χ3n) is 4.58. The Bertz CT molecular complexity index is 770. The molecule has 0 atom stereocenters. The van der Waals surface area contributed by atoms with E-state index in [9.17, 15) is 0 Å². The van der Waals surface area contributed by atoms with E-state index in [0.717, 1.165) is 49.8 Å². The van der Waals surface area contributed by atoms with E-state index in [1.54, 1.807) is 0 Å². The fourth-order valence-corrected chi connectivity index (χ4v) is 3.12. The number of nitrogens with zero attached hydrogens (tertiary/aromatic N) is 3.